The molecule has 0 saturated heterocycles. The Morgan fingerprint density at radius 2 is 1.79 bits per heavy atom. The molecule has 0 aromatic carbocycles. The smallest absolute Gasteiger partial charge is 0.0269 e. The van der Waals surface area contributed by atoms with E-state index in [-0.39, 0.29) is 0 Å². The quantitative estimate of drug-likeness (QED) is 0.595. The van der Waals surface area contributed by atoms with Gasteiger partial charge in [0, 0.05) is 0 Å². The van der Waals surface area contributed by atoms with Crippen LogP contribution in [0.3, 0.4) is 0 Å². The first-order valence-electron chi connectivity index (χ1n) is 6.43. The SMILES string of the molecule is CCCC(C)C(C)C(C)C1(C)CC1C. The van der Waals surface area contributed by atoms with Gasteiger partial charge in [-0.1, -0.05) is 54.4 Å². The third-order valence-corrected chi connectivity index (χ3v) is 5.18. The summed E-state index contributed by atoms with van der Waals surface area (Å²) in [6, 6.07) is 0. The minimum atomic E-state index is 0.668. The van der Waals surface area contributed by atoms with Crippen LogP contribution in [0.1, 0.15) is 60.8 Å². The van der Waals surface area contributed by atoms with Crippen LogP contribution in [-0.4, -0.2) is 0 Å². The molecule has 84 valence electrons. The highest BCUT2D eigenvalue weighted by atomic mass is 14.6. The summed E-state index contributed by atoms with van der Waals surface area (Å²) in [5, 5.41) is 0. The molecule has 1 rings (SSSR count). The molecule has 0 aromatic heterocycles. The lowest BCUT2D eigenvalue weighted by Gasteiger charge is -2.31. The lowest BCUT2D eigenvalue weighted by atomic mass is 9.74. The number of rotatable bonds is 5. The van der Waals surface area contributed by atoms with E-state index in [2.05, 4.69) is 41.5 Å². The Kier molecular flexibility index (Phi) is 3.66. The van der Waals surface area contributed by atoms with E-state index < -0.39 is 0 Å². The van der Waals surface area contributed by atoms with Crippen molar-refractivity contribution in [1.82, 2.24) is 0 Å². The minimum absolute atomic E-state index is 0.668. The molecule has 0 aromatic rings. The molecule has 5 unspecified atom stereocenters. The zero-order chi connectivity index (χ0) is 10.9. The summed E-state index contributed by atoms with van der Waals surface area (Å²) in [6.07, 6.45) is 4.19. The van der Waals surface area contributed by atoms with Gasteiger partial charge >= 0.3 is 0 Å². The topological polar surface area (TPSA) is 0 Å². The van der Waals surface area contributed by atoms with Crippen LogP contribution in [0.25, 0.3) is 0 Å². The predicted molar refractivity (Wildman–Crippen MR) is 64.3 cm³/mol. The summed E-state index contributed by atoms with van der Waals surface area (Å²) in [5.74, 6) is 3.66. The van der Waals surface area contributed by atoms with Crippen molar-refractivity contribution in [3.8, 4) is 0 Å². The molecular weight excluding hydrogens is 168 g/mol. The van der Waals surface area contributed by atoms with Gasteiger partial charge in [-0.25, -0.2) is 0 Å². The average molecular weight is 196 g/mol. The van der Waals surface area contributed by atoms with Gasteiger partial charge in [-0.3, -0.25) is 0 Å². The molecule has 1 aliphatic rings. The lowest BCUT2D eigenvalue weighted by molar-refractivity contribution is 0.179. The Hall–Kier alpha value is 0. The van der Waals surface area contributed by atoms with Crippen molar-refractivity contribution >= 4 is 0 Å². The molecule has 1 fully saturated rings. The van der Waals surface area contributed by atoms with Crippen molar-refractivity contribution in [2.24, 2.45) is 29.1 Å². The van der Waals surface area contributed by atoms with Crippen LogP contribution in [0.4, 0.5) is 0 Å². The standard InChI is InChI=1S/C14H28/c1-7-8-10(2)12(4)13(5)14(6)9-11(14)3/h10-13H,7-9H2,1-6H3. The maximum absolute atomic E-state index is 2.48. The number of hydrogen-bond donors (Lipinski definition) is 0. The van der Waals surface area contributed by atoms with Gasteiger partial charge in [0.15, 0.2) is 0 Å². The van der Waals surface area contributed by atoms with Gasteiger partial charge in [-0.2, -0.15) is 0 Å². The summed E-state index contributed by atoms with van der Waals surface area (Å²) in [5.41, 5.74) is 0.668. The van der Waals surface area contributed by atoms with Crippen LogP contribution >= 0.6 is 0 Å². The second-order valence-electron chi connectivity index (χ2n) is 6.02. The molecule has 0 heterocycles. The van der Waals surface area contributed by atoms with Crippen LogP contribution in [0.5, 0.6) is 0 Å². The van der Waals surface area contributed by atoms with Crippen molar-refractivity contribution in [3.63, 3.8) is 0 Å². The van der Waals surface area contributed by atoms with Crippen LogP contribution < -0.4 is 0 Å². The monoisotopic (exact) mass is 196 g/mol. The fourth-order valence-electron chi connectivity index (χ4n) is 3.05. The summed E-state index contributed by atoms with van der Waals surface area (Å²) in [4.78, 5) is 0. The van der Waals surface area contributed by atoms with E-state index in [1.807, 2.05) is 0 Å². The van der Waals surface area contributed by atoms with Crippen LogP contribution in [0.2, 0.25) is 0 Å². The van der Waals surface area contributed by atoms with Crippen molar-refractivity contribution < 1.29 is 0 Å². The second-order valence-corrected chi connectivity index (χ2v) is 6.02. The maximum atomic E-state index is 2.48. The van der Waals surface area contributed by atoms with Gasteiger partial charge in [0.2, 0.25) is 0 Å². The van der Waals surface area contributed by atoms with Gasteiger partial charge in [-0.05, 0) is 35.5 Å². The van der Waals surface area contributed by atoms with Crippen molar-refractivity contribution in [3.05, 3.63) is 0 Å². The summed E-state index contributed by atoms with van der Waals surface area (Å²) in [6.45, 7) is 14.6. The fraction of sp³-hybridized carbons (Fsp3) is 1.00. The molecule has 14 heavy (non-hydrogen) atoms. The lowest BCUT2D eigenvalue weighted by Crippen LogP contribution is -2.24. The molecule has 1 aliphatic carbocycles. The Bertz CT molecular complexity index is 184. The molecule has 0 amide bonds. The average Bonchev–Trinajstić information content (AvgIpc) is 2.74. The summed E-state index contributed by atoms with van der Waals surface area (Å²) >= 11 is 0. The number of hydrogen-bond acceptors (Lipinski definition) is 0. The molecule has 0 heteroatoms. The minimum Gasteiger partial charge on any atom is -0.0654 e. The van der Waals surface area contributed by atoms with E-state index in [9.17, 15) is 0 Å². The van der Waals surface area contributed by atoms with E-state index in [1.165, 1.54) is 19.3 Å². The molecular formula is C14H28. The maximum Gasteiger partial charge on any atom is -0.0269 e. The van der Waals surface area contributed by atoms with E-state index in [0.29, 0.717) is 5.41 Å². The molecule has 0 bridgehead atoms. The van der Waals surface area contributed by atoms with Gasteiger partial charge in [0.1, 0.15) is 0 Å². The predicted octanol–water partition coefficient (Wildman–Crippen LogP) is 4.74. The first-order valence-corrected chi connectivity index (χ1v) is 6.43. The Balaban J connectivity index is 2.48. The largest absolute Gasteiger partial charge is 0.0654 e. The van der Waals surface area contributed by atoms with E-state index in [0.717, 1.165) is 23.7 Å². The van der Waals surface area contributed by atoms with E-state index in [4.69, 9.17) is 0 Å². The van der Waals surface area contributed by atoms with Crippen molar-refractivity contribution in [2.75, 3.05) is 0 Å². The Morgan fingerprint density at radius 3 is 2.14 bits per heavy atom. The molecule has 0 aliphatic heterocycles. The highest BCUT2D eigenvalue weighted by Gasteiger charge is 2.51. The zero-order valence-electron chi connectivity index (χ0n) is 10.9. The van der Waals surface area contributed by atoms with Crippen LogP contribution in [0, 0.1) is 29.1 Å². The molecule has 0 nitrogen and oxygen atoms in total. The fourth-order valence-corrected chi connectivity index (χ4v) is 3.05. The highest BCUT2D eigenvalue weighted by Crippen LogP contribution is 2.59. The summed E-state index contributed by atoms with van der Waals surface area (Å²) in [7, 11) is 0. The second kappa shape index (κ2) is 4.24. The summed E-state index contributed by atoms with van der Waals surface area (Å²) < 4.78 is 0. The Labute approximate surface area is 90.5 Å². The van der Waals surface area contributed by atoms with Crippen molar-refractivity contribution in [1.29, 1.82) is 0 Å². The highest BCUT2D eigenvalue weighted by molar-refractivity contribution is 5.00. The molecule has 1 saturated carbocycles. The van der Waals surface area contributed by atoms with Gasteiger partial charge in [-0.15, -0.1) is 0 Å². The van der Waals surface area contributed by atoms with Gasteiger partial charge in [0.05, 0.1) is 0 Å². The molecule has 0 radical (unpaired) electrons. The third-order valence-electron chi connectivity index (χ3n) is 5.18. The van der Waals surface area contributed by atoms with Crippen molar-refractivity contribution in [2.45, 2.75) is 60.8 Å². The first-order chi connectivity index (χ1) is 6.43. The van der Waals surface area contributed by atoms with E-state index >= 15 is 0 Å². The normalized spacial score (nSPS) is 37.7. The first kappa shape index (κ1) is 12.1. The van der Waals surface area contributed by atoms with Gasteiger partial charge < -0.3 is 0 Å². The van der Waals surface area contributed by atoms with E-state index in [1.54, 1.807) is 0 Å². The zero-order valence-corrected chi connectivity index (χ0v) is 10.9. The van der Waals surface area contributed by atoms with Gasteiger partial charge in [0.25, 0.3) is 0 Å². The third kappa shape index (κ3) is 2.15. The molecule has 0 spiro atoms. The van der Waals surface area contributed by atoms with Crippen LogP contribution in [-0.2, 0) is 0 Å². The molecule has 5 atom stereocenters. The Morgan fingerprint density at radius 1 is 1.29 bits per heavy atom. The van der Waals surface area contributed by atoms with Crippen LogP contribution in [0.15, 0.2) is 0 Å². The molecule has 0 N–H and O–H groups in total.